The van der Waals surface area contributed by atoms with Crippen molar-refractivity contribution >= 4 is 16.5 Å². The van der Waals surface area contributed by atoms with Gasteiger partial charge in [-0.3, -0.25) is 4.98 Å². The van der Waals surface area contributed by atoms with Crippen LogP contribution in [0.2, 0.25) is 0 Å². The predicted molar refractivity (Wildman–Crippen MR) is 82.1 cm³/mol. The standard InChI is InChI=1S/C14H19N5S/c1-2-18-8-5-9-19(11-10-18)14-17-16-13(20-14)12-6-3-4-7-15-12/h3-4,6-7H,2,5,8-11H2,1H3. The summed E-state index contributed by atoms with van der Waals surface area (Å²) in [4.78, 5) is 9.17. The van der Waals surface area contributed by atoms with Gasteiger partial charge in [0.2, 0.25) is 5.13 Å². The van der Waals surface area contributed by atoms with Gasteiger partial charge in [0.25, 0.3) is 0 Å². The Balaban J connectivity index is 1.73. The zero-order valence-electron chi connectivity index (χ0n) is 11.7. The molecule has 1 aliphatic rings. The molecule has 1 saturated heterocycles. The first kappa shape index (κ1) is 13.5. The van der Waals surface area contributed by atoms with Crippen LogP contribution in [0.25, 0.3) is 10.7 Å². The lowest BCUT2D eigenvalue weighted by Crippen LogP contribution is -2.30. The quantitative estimate of drug-likeness (QED) is 0.866. The number of hydrogen-bond donors (Lipinski definition) is 0. The molecule has 2 aromatic rings. The van der Waals surface area contributed by atoms with Gasteiger partial charge < -0.3 is 9.80 Å². The van der Waals surface area contributed by atoms with Gasteiger partial charge in [0.15, 0.2) is 5.01 Å². The molecular weight excluding hydrogens is 270 g/mol. The Morgan fingerprint density at radius 3 is 2.90 bits per heavy atom. The van der Waals surface area contributed by atoms with Gasteiger partial charge in [0.05, 0.1) is 0 Å². The van der Waals surface area contributed by atoms with E-state index in [-0.39, 0.29) is 0 Å². The summed E-state index contributed by atoms with van der Waals surface area (Å²) in [6.07, 6.45) is 2.98. The van der Waals surface area contributed by atoms with Gasteiger partial charge in [-0.2, -0.15) is 0 Å². The van der Waals surface area contributed by atoms with Crippen molar-refractivity contribution in [3.8, 4) is 10.7 Å². The van der Waals surface area contributed by atoms with Crippen LogP contribution in [0.1, 0.15) is 13.3 Å². The van der Waals surface area contributed by atoms with E-state index < -0.39 is 0 Å². The highest BCUT2D eigenvalue weighted by Gasteiger charge is 2.18. The van der Waals surface area contributed by atoms with Crippen molar-refractivity contribution < 1.29 is 0 Å². The summed E-state index contributed by atoms with van der Waals surface area (Å²) in [5.41, 5.74) is 0.904. The Morgan fingerprint density at radius 1 is 1.15 bits per heavy atom. The predicted octanol–water partition coefficient (Wildman–Crippen LogP) is 2.13. The Kier molecular flexibility index (Phi) is 4.22. The number of rotatable bonds is 3. The summed E-state index contributed by atoms with van der Waals surface area (Å²) in [7, 11) is 0. The van der Waals surface area contributed by atoms with Crippen molar-refractivity contribution in [2.75, 3.05) is 37.6 Å². The van der Waals surface area contributed by atoms with Crippen LogP contribution in [0.5, 0.6) is 0 Å². The van der Waals surface area contributed by atoms with E-state index in [1.807, 2.05) is 18.2 Å². The average molecular weight is 289 g/mol. The third-order valence-corrected chi connectivity index (χ3v) is 4.61. The van der Waals surface area contributed by atoms with Crippen LogP contribution in [0.3, 0.4) is 0 Å². The van der Waals surface area contributed by atoms with E-state index in [9.17, 15) is 0 Å². The number of likely N-dealkylation sites (N-methyl/N-ethyl adjacent to an activating group) is 1. The largest absolute Gasteiger partial charge is 0.345 e. The van der Waals surface area contributed by atoms with E-state index in [1.54, 1.807) is 17.5 Å². The van der Waals surface area contributed by atoms with Gasteiger partial charge >= 0.3 is 0 Å². The van der Waals surface area contributed by atoms with Crippen molar-refractivity contribution in [1.82, 2.24) is 20.1 Å². The summed E-state index contributed by atoms with van der Waals surface area (Å²) in [5, 5.41) is 10.5. The smallest absolute Gasteiger partial charge is 0.208 e. The van der Waals surface area contributed by atoms with E-state index in [2.05, 4.69) is 31.9 Å². The minimum Gasteiger partial charge on any atom is -0.345 e. The molecule has 0 bridgehead atoms. The molecule has 6 heteroatoms. The van der Waals surface area contributed by atoms with E-state index in [1.165, 1.54) is 13.0 Å². The highest BCUT2D eigenvalue weighted by Crippen LogP contribution is 2.27. The molecule has 0 spiro atoms. The van der Waals surface area contributed by atoms with Crippen LogP contribution in [0.4, 0.5) is 5.13 Å². The second-order valence-electron chi connectivity index (χ2n) is 4.88. The number of anilines is 1. The van der Waals surface area contributed by atoms with Crippen molar-refractivity contribution in [3.05, 3.63) is 24.4 Å². The summed E-state index contributed by atoms with van der Waals surface area (Å²) in [6, 6.07) is 5.87. The number of aromatic nitrogens is 3. The van der Waals surface area contributed by atoms with E-state index >= 15 is 0 Å². The lowest BCUT2D eigenvalue weighted by Gasteiger charge is -2.19. The summed E-state index contributed by atoms with van der Waals surface area (Å²) in [5.74, 6) is 0. The minimum absolute atomic E-state index is 0.900. The van der Waals surface area contributed by atoms with Crippen LogP contribution < -0.4 is 4.90 Å². The van der Waals surface area contributed by atoms with Gasteiger partial charge in [-0.25, -0.2) is 0 Å². The normalized spacial score (nSPS) is 17.1. The molecule has 0 amide bonds. The zero-order valence-corrected chi connectivity index (χ0v) is 12.5. The van der Waals surface area contributed by atoms with Crippen molar-refractivity contribution in [2.24, 2.45) is 0 Å². The fourth-order valence-electron chi connectivity index (χ4n) is 2.41. The van der Waals surface area contributed by atoms with E-state index in [4.69, 9.17) is 0 Å². The minimum atomic E-state index is 0.900. The molecule has 0 N–H and O–H groups in total. The summed E-state index contributed by atoms with van der Waals surface area (Å²) >= 11 is 1.63. The molecule has 106 valence electrons. The van der Waals surface area contributed by atoms with Gasteiger partial charge in [0.1, 0.15) is 5.69 Å². The number of hydrogen-bond acceptors (Lipinski definition) is 6. The van der Waals surface area contributed by atoms with Crippen molar-refractivity contribution in [3.63, 3.8) is 0 Å². The first-order chi connectivity index (χ1) is 9.86. The lowest BCUT2D eigenvalue weighted by atomic mass is 10.4. The summed E-state index contributed by atoms with van der Waals surface area (Å²) in [6.45, 7) is 7.73. The first-order valence-electron chi connectivity index (χ1n) is 7.09. The highest BCUT2D eigenvalue weighted by atomic mass is 32.1. The maximum absolute atomic E-state index is 4.34. The van der Waals surface area contributed by atoms with Crippen molar-refractivity contribution in [2.45, 2.75) is 13.3 Å². The van der Waals surface area contributed by atoms with Crippen LogP contribution in [-0.2, 0) is 0 Å². The van der Waals surface area contributed by atoms with Gasteiger partial charge in [0, 0.05) is 25.8 Å². The molecule has 0 aliphatic carbocycles. The lowest BCUT2D eigenvalue weighted by molar-refractivity contribution is 0.310. The highest BCUT2D eigenvalue weighted by molar-refractivity contribution is 7.18. The molecule has 5 nitrogen and oxygen atoms in total. The third-order valence-electron chi connectivity index (χ3n) is 3.60. The molecule has 1 aliphatic heterocycles. The van der Waals surface area contributed by atoms with Crippen LogP contribution in [0, 0.1) is 0 Å². The van der Waals surface area contributed by atoms with Crippen LogP contribution >= 0.6 is 11.3 Å². The molecule has 3 heterocycles. The maximum atomic E-state index is 4.34. The molecule has 0 saturated carbocycles. The van der Waals surface area contributed by atoms with Gasteiger partial charge in [-0.15, -0.1) is 10.2 Å². The Bertz CT molecular complexity index is 542. The number of pyridine rings is 1. The second kappa shape index (κ2) is 6.28. The van der Waals surface area contributed by atoms with Crippen LogP contribution in [-0.4, -0.2) is 52.8 Å². The Morgan fingerprint density at radius 2 is 2.10 bits per heavy atom. The molecule has 0 atom stereocenters. The molecule has 20 heavy (non-hydrogen) atoms. The fraction of sp³-hybridized carbons (Fsp3) is 0.500. The Labute approximate surface area is 123 Å². The zero-order chi connectivity index (χ0) is 13.8. The van der Waals surface area contributed by atoms with Gasteiger partial charge in [-0.05, 0) is 31.6 Å². The van der Waals surface area contributed by atoms with E-state index in [0.29, 0.717) is 0 Å². The molecule has 1 fully saturated rings. The maximum Gasteiger partial charge on any atom is 0.208 e. The first-order valence-corrected chi connectivity index (χ1v) is 7.90. The second-order valence-corrected chi connectivity index (χ2v) is 5.84. The van der Waals surface area contributed by atoms with E-state index in [0.717, 1.165) is 42.0 Å². The van der Waals surface area contributed by atoms with Gasteiger partial charge in [-0.1, -0.05) is 24.3 Å². The SMILES string of the molecule is CCN1CCCN(c2nnc(-c3ccccn3)s2)CC1. The number of nitrogens with zero attached hydrogens (tertiary/aromatic N) is 5. The molecule has 3 rings (SSSR count). The summed E-state index contributed by atoms with van der Waals surface area (Å²) < 4.78 is 0. The molecule has 0 aromatic carbocycles. The molecular formula is C14H19N5S. The Hall–Kier alpha value is -1.53. The average Bonchev–Trinajstić information content (AvgIpc) is 2.87. The van der Waals surface area contributed by atoms with Crippen LogP contribution in [0.15, 0.2) is 24.4 Å². The monoisotopic (exact) mass is 289 g/mol. The van der Waals surface area contributed by atoms with Crippen molar-refractivity contribution in [1.29, 1.82) is 0 Å². The molecule has 0 radical (unpaired) electrons. The topological polar surface area (TPSA) is 45.2 Å². The fourth-order valence-corrected chi connectivity index (χ4v) is 3.29. The third kappa shape index (κ3) is 2.96. The molecule has 2 aromatic heterocycles. The molecule has 0 unspecified atom stereocenters.